The molecule has 0 saturated carbocycles. The first-order valence-electron chi connectivity index (χ1n) is 9.22. The number of thiophene rings is 1. The summed E-state index contributed by atoms with van der Waals surface area (Å²) in [7, 11) is 0. The summed E-state index contributed by atoms with van der Waals surface area (Å²) in [5, 5.41) is 9.65. The lowest BCUT2D eigenvalue weighted by Gasteiger charge is -2.17. The summed E-state index contributed by atoms with van der Waals surface area (Å²) in [4.78, 5) is 34.4. The average Bonchev–Trinajstić information content (AvgIpc) is 3.05. The monoisotopic (exact) mass is 393 g/mol. The smallest absolute Gasteiger partial charge is 0.338 e. The zero-order valence-corrected chi connectivity index (χ0v) is 16.4. The van der Waals surface area contributed by atoms with Crippen molar-refractivity contribution < 1.29 is 9.53 Å². The molecule has 0 unspecified atom stereocenters. The predicted molar refractivity (Wildman–Crippen MR) is 106 cm³/mol. The number of H-pyrrole nitrogens is 1. The first-order valence-corrected chi connectivity index (χ1v) is 10.0. The Labute approximate surface area is 165 Å². The zero-order chi connectivity index (χ0) is 19.8. The quantitative estimate of drug-likeness (QED) is 0.681. The van der Waals surface area contributed by atoms with Crippen LogP contribution in [0.4, 0.5) is 0 Å². The molecule has 2 aromatic heterocycles. The lowest BCUT2D eigenvalue weighted by molar-refractivity contribution is 0.0320. The molecular formula is C21H19N3O3S. The molecule has 142 valence electrons. The third-order valence-corrected chi connectivity index (χ3v) is 6.23. The molecule has 0 fully saturated rings. The van der Waals surface area contributed by atoms with Crippen LogP contribution in [0, 0.1) is 17.2 Å². The molecule has 1 aliphatic rings. The Bertz CT molecular complexity index is 1170. The number of hydrogen-bond donors (Lipinski definition) is 1. The normalized spacial score (nSPS) is 17.0. The molecular weight excluding hydrogens is 374 g/mol. The van der Waals surface area contributed by atoms with E-state index in [-0.39, 0.29) is 11.1 Å². The van der Waals surface area contributed by atoms with E-state index >= 15 is 0 Å². The van der Waals surface area contributed by atoms with Gasteiger partial charge in [-0.25, -0.2) is 9.78 Å². The Morgan fingerprint density at radius 1 is 1.46 bits per heavy atom. The second-order valence-electron chi connectivity index (χ2n) is 7.22. The first kappa shape index (κ1) is 18.4. The minimum absolute atomic E-state index is 0.179. The summed E-state index contributed by atoms with van der Waals surface area (Å²) < 4.78 is 5.47. The van der Waals surface area contributed by atoms with Crippen molar-refractivity contribution in [3.63, 3.8) is 0 Å². The fourth-order valence-electron chi connectivity index (χ4n) is 3.56. The SMILES string of the molecule is C[C@H]1CCc2c(sc3nc([C@@H](C)OC(=O)c4cccc(C#N)c4)[nH]c(=O)c23)C1. The van der Waals surface area contributed by atoms with E-state index in [2.05, 4.69) is 16.9 Å². The van der Waals surface area contributed by atoms with Crippen molar-refractivity contribution in [1.29, 1.82) is 5.26 Å². The number of fused-ring (bicyclic) bond motifs is 3. The van der Waals surface area contributed by atoms with Crippen LogP contribution in [0.3, 0.4) is 0 Å². The van der Waals surface area contributed by atoms with Gasteiger partial charge in [0.15, 0.2) is 11.9 Å². The summed E-state index contributed by atoms with van der Waals surface area (Å²) >= 11 is 1.56. The highest BCUT2D eigenvalue weighted by Gasteiger charge is 2.24. The van der Waals surface area contributed by atoms with E-state index in [1.54, 1.807) is 36.5 Å². The van der Waals surface area contributed by atoms with Crippen molar-refractivity contribution in [2.45, 2.75) is 39.2 Å². The minimum Gasteiger partial charge on any atom is -0.451 e. The Morgan fingerprint density at radius 2 is 2.29 bits per heavy atom. The molecule has 28 heavy (non-hydrogen) atoms. The third-order valence-electron chi connectivity index (χ3n) is 5.08. The van der Waals surface area contributed by atoms with Gasteiger partial charge in [-0.15, -0.1) is 11.3 Å². The maximum absolute atomic E-state index is 12.7. The molecule has 0 spiro atoms. The molecule has 7 heteroatoms. The van der Waals surface area contributed by atoms with Crippen LogP contribution in [-0.4, -0.2) is 15.9 Å². The Morgan fingerprint density at radius 3 is 3.07 bits per heavy atom. The molecule has 0 bridgehead atoms. The van der Waals surface area contributed by atoms with Crippen LogP contribution >= 0.6 is 11.3 Å². The van der Waals surface area contributed by atoms with Gasteiger partial charge in [0.25, 0.3) is 5.56 Å². The first-order chi connectivity index (χ1) is 13.5. The molecule has 1 aliphatic carbocycles. The fraction of sp³-hybridized carbons (Fsp3) is 0.333. The number of carbonyl (C=O) groups is 1. The van der Waals surface area contributed by atoms with E-state index in [0.717, 1.165) is 24.8 Å². The van der Waals surface area contributed by atoms with Crippen LogP contribution in [0.25, 0.3) is 10.2 Å². The van der Waals surface area contributed by atoms with E-state index < -0.39 is 12.1 Å². The number of carbonyl (C=O) groups excluding carboxylic acids is 1. The van der Waals surface area contributed by atoms with Crippen LogP contribution in [0.15, 0.2) is 29.1 Å². The Balaban J connectivity index is 1.62. The molecule has 4 rings (SSSR count). The predicted octanol–water partition coefficient (Wildman–Crippen LogP) is 3.90. The van der Waals surface area contributed by atoms with Gasteiger partial charge < -0.3 is 9.72 Å². The number of nitrogens with one attached hydrogen (secondary N) is 1. The molecule has 1 aromatic carbocycles. The summed E-state index contributed by atoms with van der Waals surface area (Å²) in [6.07, 6.45) is 2.24. The van der Waals surface area contributed by atoms with Crippen LogP contribution in [0.1, 0.15) is 58.6 Å². The highest BCUT2D eigenvalue weighted by Crippen LogP contribution is 2.36. The number of ether oxygens (including phenoxy) is 1. The van der Waals surface area contributed by atoms with Gasteiger partial charge in [-0.3, -0.25) is 4.79 Å². The van der Waals surface area contributed by atoms with Gasteiger partial charge in [-0.2, -0.15) is 5.26 Å². The standard InChI is InChI=1S/C21H19N3O3S/c1-11-6-7-15-16(8-11)28-20-17(15)19(25)23-18(24-20)12(2)27-21(26)14-5-3-4-13(9-14)10-22/h3-5,9,11-12H,6-8H2,1-2H3,(H,23,24,25)/t11-,12+/m0/s1. The van der Waals surface area contributed by atoms with Gasteiger partial charge in [0.05, 0.1) is 22.6 Å². The third kappa shape index (κ3) is 3.32. The van der Waals surface area contributed by atoms with Crippen molar-refractivity contribution >= 4 is 27.5 Å². The molecule has 2 atom stereocenters. The summed E-state index contributed by atoms with van der Waals surface area (Å²) in [5.41, 5.74) is 1.61. The van der Waals surface area contributed by atoms with Gasteiger partial charge >= 0.3 is 5.97 Å². The molecule has 0 saturated heterocycles. The van der Waals surface area contributed by atoms with E-state index in [1.807, 2.05) is 6.07 Å². The second kappa shape index (κ2) is 7.21. The van der Waals surface area contributed by atoms with Crippen LogP contribution in [-0.2, 0) is 17.6 Å². The fourth-order valence-corrected chi connectivity index (χ4v) is 4.95. The van der Waals surface area contributed by atoms with Gasteiger partial charge in [0, 0.05) is 4.88 Å². The number of nitriles is 1. The van der Waals surface area contributed by atoms with Crippen molar-refractivity contribution in [3.05, 3.63) is 62.0 Å². The lowest BCUT2D eigenvalue weighted by atomic mass is 9.89. The van der Waals surface area contributed by atoms with Gasteiger partial charge in [-0.1, -0.05) is 13.0 Å². The number of aromatic nitrogens is 2. The largest absolute Gasteiger partial charge is 0.451 e. The maximum Gasteiger partial charge on any atom is 0.338 e. The Kier molecular flexibility index (Phi) is 4.73. The minimum atomic E-state index is -0.714. The lowest BCUT2D eigenvalue weighted by Crippen LogP contribution is -2.18. The van der Waals surface area contributed by atoms with Gasteiger partial charge in [0.2, 0.25) is 0 Å². The van der Waals surface area contributed by atoms with Crippen LogP contribution < -0.4 is 5.56 Å². The van der Waals surface area contributed by atoms with E-state index in [9.17, 15) is 9.59 Å². The molecule has 1 N–H and O–H groups in total. The van der Waals surface area contributed by atoms with Gasteiger partial charge in [0.1, 0.15) is 4.83 Å². The average molecular weight is 393 g/mol. The molecule has 6 nitrogen and oxygen atoms in total. The number of benzene rings is 1. The van der Waals surface area contributed by atoms with E-state index in [0.29, 0.717) is 27.5 Å². The highest BCUT2D eigenvalue weighted by atomic mass is 32.1. The highest BCUT2D eigenvalue weighted by molar-refractivity contribution is 7.18. The number of aromatic amines is 1. The topological polar surface area (TPSA) is 95.8 Å². The van der Waals surface area contributed by atoms with Crippen LogP contribution in [0.2, 0.25) is 0 Å². The van der Waals surface area contributed by atoms with Crippen LogP contribution in [0.5, 0.6) is 0 Å². The van der Waals surface area contributed by atoms with E-state index in [1.165, 1.54) is 10.9 Å². The number of aryl methyl sites for hydroxylation is 1. The summed E-state index contributed by atoms with van der Waals surface area (Å²) in [6.45, 7) is 3.89. The molecule has 0 amide bonds. The molecule has 0 radical (unpaired) electrons. The number of nitrogens with zero attached hydrogens (tertiary/aromatic N) is 2. The summed E-state index contributed by atoms with van der Waals surface area (Å²) in [5.74, 6) is 0.378. The summed E-state index contributed by atoms with van der Waals surface area (Å²) in [6, 6.07) is 8.30. The second-order valence-corrected chi connectivity index (χ2v) is 8.31. The van der Waals surface area contributed by atoms with Crippen molar-refractivity contribution in [2.24, 2.45) is 5.92 Å². The number of esters is 1. The van der Waals surface area contributed by atoms with Crippen molar-refractivity contribution in [3.8, 4) is 6.07 Å². The Hall–Kier alpha value is -2.98. The van der Waals surface area contributed by atoms with Crippen molar-refractivity contribution in [2.75, 3.05) is 0 Å². The van der Waals surface area contributed by atoms with Crippen molar-refractivity contribution in [1.82, 2.24) is 9.97 Å². The molecule has 2 heterocycles. The van der Waals surface area contributed by atoms with Gasteiger partial charge in [-0.05, 0) is 55.9 Å². The maximum atomic E-state index is 12.7. The van der Waals surface area contributed by atoms with E-state index in [4.69, 9.17) is 10.00 Å². The number of rotatable bonds is 3. The molecule has 0 aliphatic heterocycles. The number of hydrogen-bond acceptors (Lipinski definition) is 6. The zero-order valence-electron chi connectivity index (χ0n) is 15.6. The molecule has 3 aromatic rings.